The number of rotatable bonds is 8. The molecule has 2 rings (SSSR count). The van der Waals surface area contributed by atoms with Crippen LogP contribution in [-0.4, -0.2) is 19.8 Å². The lowest BCUT2D eigenvalue weighted by Crippen LogP contribution is -2.00. The maximum absolute atomic E-state index is 12.1. The highest BCUT2D eigenvalue weighted by atomic mass is 31.2. The van der Waals surface area contributed by atoms with E-state index in [1.807, 2.05) is 24.3 Å². The van der Waals surface area contributed by atoms with Crippen molar-refractivity contribution in [1.29, 1.82) is 0 Å². The van der Waals surface area contributed by atoms with E-state index in [1.165, 1.54) is 10.8 Å². The minimum absolute atomic E-state index is 0.171. The molecule has 0 N–H and O–H groups in total. The molecule has 5 heteroatoms. The molecular formula is C17H21O4P. The van der Waals surface area contributed by atoms with Crippen molar-refractivity contribution < 1.29 is 18.1 Å². The topological polar surface area (TPSA) is 44.8 Å². The Morgan fingerprint density at radius 2 is 1.64 bits per heavy atom. The van der Waals surface area contributed by atoms with Crippen molar-refractivity contribution in [3.8, 4) is 0 Å². The van der Waals surface area contributed by atoms with Gasteiger partial charge in [-0.3, -0.25) is 13.6 Å². The Kier molecular flexibility index (Phi) is 6.34. The molecule has 0 aromatic heterocycles. The molecule has 0 amide bonds. The predicted octanol–water partition coefficient (Wildman–Crippen LogP) is 5.05. The molecular weight excluding hydrogens is 299 g/mol. The summed E-state index contributed by atoms with van der Waals surface area (Å²) in [7, 11) is -3.43. The summed E-state index contributed by atoms with van der Waals surface area (Å²) in [5.74, 6) is 0. The standard InChI is InChI=1S/C17H21O4P/c1-3-19-22(18,20-4-2)21-13-7-8-15-11-12-16-9-5-6-10-17(16)14-15/h5-12,14H,3-4,13H2,1-2H3/b8-7+. The molecule has 0 spiro atoms. The fourth-order valence-electron chi connectivity index (χ4n) is 2.06. The van der Waals surface area contributed by atoms with E-state index in [4.69, 9.17) is 13.6 Å². The lowest BCUT2D eigenvalue weighted by atomic mass is 10.1. The van der Waals surface area contributed by atoms with Gasteiger partial charge in [-0.05, 0) is 36.2 Å². The Morgan fingerprint density at radius 3 is 2.32 bits per heavy atom. The molecule has 0 aliphatic heterocycles. The average molecular weight is 320 g/mol. The molecule has 0 bridgehead atoms. The summed E-state index contributed by atoms with van der Waals surface area (Å²) in [6, 6.07) is 14.4. The molecule has 118 valence electrons. The number of hydrogen-bond acceptors (Lipinski definition) is 4. The zero-order chi connectivity index (χ0) is 15.8. The normalized spacial score (nSPS) is 12.3. The first-order valence-corrected chi connectivity index (χ1v) is 8.82. The van der Waals surface area contributed by atoms with E-state index >= 15 is 0 Å². The molecule has 4 nitrogen and oxygen atoms in total. The summed E-state index contributed by atoms with van der Waals surface area (Å²) in [4.78, 5) is 0. The third-order valence-corrected chi connectivity index (χ3v) is 4.60. The largest absolute Gasteiger partial charge is 0.475 e. The second-order valence-corrected chi connectivity index (χ2v) is 6.26. The van der Waals surface area contributed by atoms with E-state index in [1.54, 1.807) is 19.9 Å². The molecule has 2 aromatic rings. The zero-order valence-electron chi connectivity index (χ0n) is 12.9. The van der Waals surface area contributed by atoms with Gasteiger partial charge in [-0.15, -0.1) is 0 Å². The van der Waals surface area contributed by atoms with Crippen LogP contribution in [-0.2, 0) is 18.1 Å². The van der Waals surface area contributed by atoms with Crippen LogP contribution in [0, 0.1) is 0 Å². The van der Waals surface area contributed by atoms with Gasteiger partial charge in [0.2, 0.25) is 0 Å². The molecule has 22 heavy (non-hydrogen) atoms. The van der Waals surface area contributed by atoms with E-state index in [2.05, 4.69) is 24.3 Å². The van der Waals surface area contributed by atoms with E-state index in [0.29, 0.717) is 0 Å². The van der Waals surface area contributed by atoms with Crippen molar-refractivity contribution in [2.75, 3.05) is 19.8 Å². The first-order valence-electron chi connectivity index (χ1n) is 7.36. The van der Waals surface area contributed by atoms with Crippen molar-refractivity contribution in [3.05, 3.63) is 54.1 Å². The summed E-state index contributed by atoms with van der Waals surface area (Å²) in [5, 5.41) is 2.38. The van der Waals surface area contributed by atoms with E-state index in [9.17, 15) is 4.57 Å². The molecule has 0 aliphatic carbocycles. The Morgan fingerprint density at radius 1 is 0.955 bits per heavy atom. The number of phosphoric ester groups is 1. The first kappa shape index (κ1) is 16.9. The highest BCUT2D eigenvalue weighted by molar-refractivity contribution is 7.48. The number of phosphoric acid groups is 1. The van der Waals surface area contributed by atoms with Crippen molar-refractivity contribution in [2.45, 2.75) is 13.8 Å². The third-order valence-electron chi connectivity index (χ3n) is 2.99. The molecule has 0 unspecified atom stereocenters. The van der Waals surface area contributed by atoms with E-state index in [0.717, 1.165) is 5.56 Å². The van der Waals surface area contributed by atoms with Crippen LogP contribution in [0.25, 0.3) is 16.8 Å². The van der Waals surface area contributed by atoms with Crippen LogP contribution < -0.4 is 0 Å². The van der Waals surface area contributed by atoms with Crippen LogP contribution in [0.2, 0.25) is 0 Å². The van der Waals surface area contributed by atoms with Gasteiger partial charge < -0.3 is 0 Å². The lowest BCUT2D eigenvalue weighted by Gasteiger charge is -2.15. The van der Waals surface area contributed by atoms with Crippen LogP contribution in [0.3, 0.4) is 0 Å². The molecule has 2 aromatic carbocycles. The highest BCUT2D eigenvalue weighted by Gasteiger charge is 2.24. The summed E-state index contributed by atoms with van der Waals surface area (Å²) < 4.78 is 27.5. The lowest BCUT2D eigenvalue weighted by molar-refractivity contribution is 0.131. The van der Waals surface area contributed by atoms with Crippen LogP contribution in [0.1, 0.15) is 19.4 Å². The van der Waals surface area contributed by atoms with Gasteiger partial charge in [0.25, 0.3) is 0 Å². The summed E-state index contributed by atoms with van der Waals surface area (Å²) in [5.41, 5.74) is 1.06. The Balaban J connectivity index is 1.97. The van der Waals surface area contributed by atoms with Gasteiger partial charge in [-0.25, -0.2) is 4.57 Å². The van der Waals surface area contributed by atoms with E-state index < -0.39 is 7.82 Å². The summed E-state index contributed by atoms with van der Waals surface area (Å²) in [6.07, 6.45) is 3.73. The SMILES string of the molecule is CCOP(=O)(OCC)OC/C=C/c1ccc2ccccc2c1. The second-order valence-electron chi connectivity index (χ2n) is 4.59. The maximum atomic E-state index is 12.1. The number of hydrogen-bond donors (Lipinski definition) is 0. The van der Waals surface area contributed by atoms with Crippen LogP contribution >= 0.6 is 7.82 Å². The second kappa shape index (κ2) is 8.25. The molecule has 0 atom stereocenters. The van der Waals surface area contributed by atoms with Gasteiger partial charge >= 0.3 is 7.82 Å². The predicted molar refractivity (Wildman–Crippen MR) is 89.8 cm³/mol. The van der Waals surface area contributed by atoms with Gasteiger partial charge in [0.1, 0.15) is 0 Å². The summed E-state index contributed by atoms with van der Waals surface area (Å²) in [6.45, 7) is 4.24. The van der Waals surface area contributed by atoms with Gasteiger partial charge in [0.15, 0.2) is 0 Å². The van der Waals surface area contributed by atoms with Crippen LogP contribution in [0.5, 0.6) is 0 Å². The van der Waals surface area contributed by atoms with Crippen molar-refractivity contribution in [3.63, 3.8) is 0 Å². The first-order chi connectivity index (χ1) is 10.7. The van der Waals surface area contributed by atoms with Crippen molar-refractivity contribution in [2.24, 2.45) is 0 Å². The van der Waals surface area contributed by atoms with Crippen molar-refractivity contribution in [1.82, 2.24) is 0 Å². The Hall–Kier alpha value is -1.45. The highest BCUT2D eigenvalue weighted by Crippen LogP contribution is 2.49. The minimum atomic E-state index is -3.43. The third kappa shape index (κ3) is 4.79. The Labute approximate surface area is 131 Å². The molecule has 0 heterocycles. The van der Waals surface area contributed by atoms with Gasteiger partial charge in [0.05, 0.1) is 19.8 Å². The zero-order valence-corrected chi connectivity index (χ0v) is 13.8. The maximum Gasteiger partial charge on any atom is 0.475 e. The van der Waals surface area contributed by atoms with E-state index in [-0.39, 0.29) is 19.8 Å². The fraction of sp³-hybridized carbons (Fsp3) is 0.294. The van der Waals surface area contributed by atoms with Crippen LogP contribution in [0.15, 0.2) is 48.5 Å². The number of benzene rings is 2. The van der Waals surface area contributed by atoms with Gasteiger partial charge in [0, 0.05) is 0 Å². The molecule has 0 saturated heterocycles. The smallest absolute Gasteiger partial charge is 0.287 e. The fourth-order valence-corrected chi connectivity index (χ4v) is 3.18. The van der Waals surface area contributed by atoms with Gasteiger partial charge in [-0.1, -0.05) is 48.6 Å². The Bertz CT molecular complexity index is 671. The van der Waals surface area contributed by atoms with Crippen LogP contribution in [0.4, 0.5) is 0 Å². The monoisotopic (exact) mass is 320 g/mol. The average Bonchev–Trinajstić information content (AvgIpc) is 2.52. The molecule has 0 radical (unpaired) electrons. The molecule has 0 saturated carbocycles. The molecule has 0 fully saturated rings. The molecule has 0 aliphatic rings. The minimum Gasteiger partial charge on any atom is -0.287 e. The van der Waals surface area contributed by atoms with Gasteiger partial charge in [-0.2, -0.15) is 0 Å². The summed E-state index contributed by atoms with van der Waals surface area (Å²) >= 11 is 0. The number of fused-ring (bicyclic) bond motifs is 1. The van der Waals surface area contributed by atoms with Crippen molar-refractivity contribution >= 4 is 24.7 Å². The quantitative estimate of drug-likeness (QED) is 0.638.